The lowest BCUT2D eigenvalue weighted by Crippen LogP contribution is -2.28. The molecule has 8 nitrogen and oxygen atoms in total. The summed E-state index contributed by atoms with van der Waals surface area (Å²) in [6.45, 7) is 2.91. The third-order valence-corrected chi connectivity index (χ3v) is 5.27. The van der Waals surface area contributed by atoms with E-state index in [1.54, 1.807) is 12.1 Å². The van der Waals surface area contributed by atoms with E-state index < -0.39 is 18.5 Å². The van der Waals surface area contributed by atoms with Gasteiger partial charge in [-0.3, -0.25) is 19.0 Å². The fourth-order valence-electron chi connectivity index (χ4n) is 2.38. The Bertz CT molecular complexity index is 1090. The maximum Gasteiger partial charge on any atom is 0.326 e. The molecule has 0 atom stereocenters. The standard InChI is InChI=1S/C17H15ClN4O4S/c1-9-10(2)27-16-14(9)17(25)22(8-20-16)6-13(24)26-7-12(23)21-11-4-3-5-19-15(11)18/h3-5,8H,6-7H2,1-2H3,(H,21,23). The van der Waals surface area contributed by atoms with Crippen molar-refractivity contribution in [1.82, 2.24) is 14.5 Å². The van der Waals surface area contributed by atoms with E-state index in [-0.39, 0.29) is 17.3 Å². The van der Waals surface area contributed by atoms with Crippen molar-refractivity contribution in [2.75, 3.05) is 11.9 Å². The van der Waals surface area contributed by atoms with Gasteiger partial charge in [-0.05, 0) is 31.5 Å². The van der Waals surface area contributed by atoms with Gasteiger partial charge in [0.2, 0.25) is 0 Å². The van der Waals surface area contributed by atoms with Crippen molar-refractivity contribution >= 4 is 50.7 Å². The van der Waals surface area contributed by atoms with Crippen molar-refractivity contribution in [2.24, 2.45) is 0 Å². The second kappa shape index (κ2) is 7.85. The first kappa shape index (κ1) is 19.0. The van der Waals surface area contributed by atoms with Crippen LogP contribution in [0.15, 0.2) is 29.5 Å². The molecule has 0 aliphatic carbocycles. The van der Waals surface area contributed by atoms with Crippen LogP contribution in [0.3, 0.4) is 0 Å². The largest absolute Gasteiger partial charge is 0.454 e. The Morgan fingerprint density at radius 2 is 2.11 bits per heavy atom. The van der Waals surface area contributed by atoms with E-state index in [0.717, 1.165) is 10.4 Å². The maximum absolute atomic E-state index is 12.5. The van der Waals surface area contributed by atoms with Crippen LogP contribution < -0.4 is 10.9 Å². The predicted octanol–water partition coefficient (Wildman–Crippen LogP) is 2.31. The molecule has 0 unspecified atom stereocenters. The van der Waals surface area contributed by atoms with Crippen LogP contribution >= 0.6 is 22.9 Å². The number of aryl methyl sites for hydroxylation is 2. The van der Waals surface area contributed by atoms with Crippen LogP contribution in [-0.2, 0) is 20.9 Å². The van der Waals surface area contributed by atoms with Crippen molar-refractivity contribution in [3.8, 4) is 0 Å². The Kier molecular flexibility index (Phi) is 5.52. The SMILES string of the molecule is Cc1sc2ncn(CC(=O)OCC(=O)Nc3cccnc3Cl)c(=O)c2c1C. The summed E-state index contributed by atoms with van der Waals surface area (Å²) >= 11 is 7.27. The van der Waals surface area contributed by atoms with Crippen molar-refractivity contribution in [3.63, 3.8) is 0 Å². The number of esters is 1. The summed E-state index contributed by atoms with van der Waals surface area (Å²) in [6, 6.07) is 3.18. The van der Waals surface area contributed by atoms with E-state index in [4.69, 9.17) is 16.3 Å². The van der Waals surface area contributed by atoms with Gasteiger partial charge in [-0.25, -0.2) is 9.97 Å². The number of hydrogen-bond acceptors (Lipinski definition) is 7. The third-order valence-electron chi connectivity index (χ3n) is 3.85. The lowest BCUT2D eigenvalue weighted by atomic mass is 10.2. The summed E-state index contributed by atoms with van der Waals surface area (Å²) < 4.78 is 6.09. The number of nitrogens with one attached hydrogen (secondary N) is 1. The van der Waals surface area contributed by atoms with Crippen LogP contribution in [0.1, 0.15) is 10.4 Å². The number of pyridine rings is 1. The average Bonchev–Trinajstić information content (AvgIpc) is 2.92. The minimum atomic E-state index is -0.727. The molecule has 0 fully saturated rings. The number of carbonyl (C=O) groups is 2. The molecule has 0 aromatic carbocycles. The Labute approximate surface area is 162 Å². The zero-order valence-corrected chi connectivity index (χ0v) is 16.1. The van der Waals surface area contributed by atoms with Gasteiger partial charge in [0.25, 0.3) is 11.5 Å². The molecular formula is C17H15ClN4O4S. The van der Waals surface area contributed by atoms with Gasteiger partial charge >= 0.3 is 5.97 Å². The number of aromatic nitrogens is 3. The van der Waals surface area contributed by atoms with Crippen LogP contribution in [0.25, 0.3) is 10.2 Å². The zero-order valence-electron chi connectivity index (χ0n) is 14.5. The number of rotatable bonds is 5. The van der Waals surface area contributed by atoms with Crippen molar-refractivity contribution in [2.45, 2.75) is 20.4 Å². The molecule has 0 aliphatic heterocycles. The average molecular weight is 407 g/mol. The minimum absolute atomic E-state index is 0.129. The maximum atomic E-state index is 12.5. The lowest BCUT2D eigenvalue weighted by Gasteiger charge is -2.08. The molecule has 3 aromatic rings. The highest BCUT2D eigenvalue weighted by atomic mass is 35.5. The number of ether oxygens (including phenoxy) is 1. The van der Waals surface area contributed by atoms with E-state index in [2.05, 4.69) is 15.3 Å². The van der Waals surface area contributed by atoms with Crippen LogP contribution in [-0.4, -0.2) is 33.0 Å². The molecule has 0 saturated heterocycles. The van der Waals surface area contributed by atoms with Crippen LogP contribution in [0, 0.1) is 13.8 Å². The van der Waals surface area contributed by atoms with Gasteiger partial charge in [0.05, 0.1) is 17.4 Å². The Morgan fingerprint density at radius 1 is 1.33 bits per heavy atom. The number of fused-ring (bicyclic) bond motifs is 1. The Morgan fingerprint density at radius 3 is 2.85 bits per heavy atom. The lowest BCUT2D eigenvalue weighted by molar-refractivity contribution is -0.147. The number of amides is 1. The first-order valence-electron chi connectivity index (χ1n) is 7.88. The second-order valence-electron chi connectivity index (χ2n) is 5.69. The normalized spacial score (nSPS) is 10.8. The number of hydrogen-bond donors (Lipinski definition) is 1. The molecule has 1 N–H and O–H groups in total. The highest BCUT2D eigenvalue weighted by Gasteiger charge is 2.15. The van der Waals surface area contributed by atoms with Gasteiger partial charge in [0, 0.05) is 11.1 Å². The van der Waals surface area contributed by atoms with Gasteiger partial charge in [-0.1, -0.05) is 11.6 Å². The van der Waals surface area contributed by atoms with E-state index >= 15 is 0 Å². The van der Waals surface area contributed by atoms with E-state index in [9.17, 15) is 14.4 Å². The highest BCUT2D eigenvalue weighted by Crippen LogP contribution is 2.25. The Hall–Kier alpha value is -2.78. The highest BCUT2D eigenvalue weighted by molar-refractivity contribution is 7.18. The molecular weight excluding hydrogens is 392 g/mol. The van der Waals surface area contributed by atoms with E-state index in [1.165, 1.54) is 28.4 Å². The number of nitrogens with zero attached hydrogens (tertiary/aromatic N) is 3. The number of carbonyl (C=O) groups excluding carboxylic acids is 2. The zero-order chi connectivity index (χ0) is 19.6. The number of thiophene rings is 1. The van der Waals surface area contributed by atoms with Gasteiger partial charge in [0.15, 0.2) is 11.8 Å². The molecule has 1 amide bonds. The molecule has 10 heteroatoms. The molecule has 140 valence electrons. The molecule has 0 saturated carbocycles. The summed E-state index contributed by atoms with van der Waals surface area (Å²) in [5.74, 6) is -1.29. The molecule has 0 bridgehead atoms. The van der Waals surface area contributed by atoms with Crippen molar-refractivity contribution in [1.29, 1.82) is 0 Å². The molecule has 0 aliphatic rings. The minimum Gasteiger partial charge on any atom is -0.454 e. The first-order valence-corrected chi connectivity index (χ1v) is 9.07. The summed E-state index contributed by atoms with van der Waals surface area (Å²) in [7, 11) is 0. The summed E-state index contributed by atoms with van der Waals surface area (Å²) in [5, 5.41) is 3.11. The smallest absolute Gasteiger partial charge is 0.326 e. The predicted molar refractivity (Wildman–Crippen MR) is 102 cm³/mol. The van der Waals surface area contributed by atoms with Gasteiger partial charge in [-0.2, -0.15) is 0 Å². The molecule has 0 radical (unpaired) electrons. The molecule has 0 spiro atoms. The monoisotopic (exact) mass is 406 g/mol. The Balaban J connectivity index is 1.63. The summed E-state index contributed by atoms with van der Waals surface area (Å²) in [4.78, 5) is 46.0. The number of halogens is 1. The van der Waals surface area contributed by atoms with Crippen LogP contribution in [0.2, 0.25) is 5.15 Å². The first-order chi connectivity index (χ1) is 12.9. The van der Waals surface area contributed by atoms with Crippen molar-refractivity contribution < 1.29 is 14.3 Å². The van der Waals surface area contributed by atoms with E-state index in [1.807, 2.05) is 13.8 Å². The molecule has 27 heavy (non-hydrogen) atoms. The van der Waals surface area contributed by atoms with Crippen molar-refractivity contribution in [3.05, 3.63) is 50.6 Å². The van der Waals surface area contributed by atoms with Gasteiger partial charge in [-0.15, -0.1) is 11.3 Å². The van der Waals surface area contributed by atoms with E-state index in [0.29, 0.717) is 15.9 Å². The van der Waals surface area contributed by atoms with Gasteiger partial charge < -0.3 is 10.1 Å². The summed E-state index contributed by atoms with van der Waals surface area (Å²) in [5.41, 5.74) is 0.850. The second-order valence-corrected chi connectivity index (χ2v) is 7.25. The molecule has 3 rings (SSSR count). The molecule has 3 aromatic heterocycles. The molecule has 3 heterocycles. The van der Waals surface area contributed by atoms with Crippen LogP contribution in [0.5, 0.6) is 0 Å². The number of anilines is 1. The fourth-order valence-corrected chi connectivity index (χ4v) is 3.53. The summed E-state index contributed by atoms with van der Waals surface area (Å²) in [6.07, 6.45) is 2.79. The van der Waals surface area contributed by atoms with Gasteiger partial charge in [0.1, 0.15) is 11.4 Å². The quantitative estimate of drug-likeness (QED) is 0.515. The third kappa shape index (κ3) is 4.15. The fraction of sp³-hybridized carbons (Fsp3) is 0.235. The topological polar surface area (TPSA) is 103 Å². The van der Waals surface area contributed by atoms with Crippen LogP contribution in [0.4, 0.5) is 5.69 Å².